The summed E-state index contributed by atoms with van der Waals surface area (Å²) in [6.07, 6.45) is 6.66. The number of anilines is 1. The molecule has 0 radical (unpaired) electrons. The average molecular weight is 568 g/mol. The number of hydrogen-bond donors (Lipinski definition) is 1. The minimum atomic E-state index is -0.740. The molecule has 3 amide bonds. The molecule has 4 rings (SSSR count). The number of amides is 3. The maximum Gasteiger partial charge on any atom is 0.247 e. The quantitative estimate of drug-likeness (QED) is 0.355. The molecule has 1 N–H and O–H groups in total. The van der Waals surface area contributed by atoms with Crippen molar-refractivity contribution in [2.75, 3.05) is 31.1 Å². The molecule has 8 heteroatoms. The summed E-state index contributed by atoms with van der Waals surface area (Å²) in [4.78, 5) is 48.8. The lowest BCUT2D eigenvalue weighted by Gasteiger charge is -2.40. The first-order chi connectivity index (χ1) is 19.1. The Kier molecular flexibility index (Phi) is 9.20. The summed E-state index contributed by atoms with van der Waals surface area (Å²) in [5, 5.41) is 10.5. The topological polar surface area (TPSA) is 81.2 Å². The third-order valence-electron chi connectivity index (χ3n) is 9.12. The van der Waals surface area contributed by atoms with Crippen molar-refractivity contribution >= 4 is 35.2 Å². The number of aliphatic hydroxyl groups is 1. The van der Waals surface area contributed by atoms with Crippen molar-refractivity contribution < 1.29 is 19.5 Å². The van der Waals surface area contributed by atoms with Gasteiger partial charge in [-0.3, -0.25) is 14.4 Å². The van der Waals surface area contributed by atoms with Crippen LogP contribution in [0.1, 0.15) is 53.4 Å². The van der Waals surface area contributed by atoms with Crippen LogP contribution in [0.3, 0.4) is 0 Å². The van der Waals surface area contributed by atoms with Crippen molar-refractivity contribution in [3.05, 3.63) is 55.6 Å². The Morgan fingerprint density at radius 3 is 2.40 bits per heavy atom. The zero-order chi connectivity index (χ0) is 29.2. The monoisotopic (exact) mass is 567 g/mol. The molecular weight excluding hydrogens is 522 g/mol. The van der Waals surface area contributed by atoms with Gasteiger partial charge in [0, 0.05) is 30.1 Å². The normalized spacial score (nSPS) is 29.4. The van der Waals surface area contributed by atoms with Crippen LogP contribution >= 0.6 is 11.8 Å². The predicted octanol–water partition coefficient (Wildman–Crippen LogP) is 4.52. The van der Waals surface area contributed by atoms with Crippen LogP contribution in [0.2, 0.25) is 0 Å². The molecule has 1 aromatic rings. The molecule has 3 aliphatic heterocycles. The van der Waals surface area contributed by atoms with Crippen LogP contribution in [0.5, 0.6) is 0 Å². The average Bonchev–Trinajstić information content (AvgIpc) is 3.50. The minimum absolute atomic E-state index is 0.0588. The maximum atomic E-state index is 14.6. The van der Waals surface area contributed by atoms with E-state index in [1.54, 1.807) is 33.7 Å². The zero-order valence-electron chi connectivity index (χ0n) is 24.4. The SMILES string of the molecule is C=CCN(CCCC)C(=O)C1N([C@@H](CO)C(C)C)C(=O)[C@@H]2[C@@H](C(=O)N(CC=C)c3ccccc3)[C@@]3(C)CCC12S3. The lowest BCUT2D eigenvalue weighted by Crippen LogP contribution is -2.58. The number of hydrogen-bond acceptors (Lipinski definition) is 5. The van der Waals surface area contributed by atoms with Gasteiger partial charge in [0.05, 0.1) is 29.2 Å². The summed E-state index contributed by atoms with van der Waals surface area (Å²) in [6.45, 7) is 16.9. The molecule has 7 nitrogen and oxygen atoms in total. The number of likely N-dealkylation sites (tertiary alicyclic amines) is 1. The van der Waals surface area contributed by atoms with Crippen molar-refractivity contribution in [3.8, 4) is 0 Å². The molecule has 0 saturated carbocycles. The second kappa shape index (κ2) is 12.1. The van der Waals surface area contributed by atoms with Crippen molar-refractivity contribution in [3.63, 3.8) is 0 Å². The summed E-state index contributed by atoms with van der Waals surface area (Å²) in [7, 11) is 0. The second-order valence-corrected chi connectivity index (χ2v) is 13.9. The number of para-hydroxylation sites is 1. The minimum Gasteiger partial charge on any atom is -0.394 e. The molecule has 2 bridgehead atoms. The Labute approximate surface area is 243 Å². The van der Waals surface area contributed by atoms with Gasteiger partial charge in [0.1, 0.15) is 6.04 Å². The molecule has 2 unspecified atom stereocenters. The van der Waals surface area contributed by atoms with Crippen LogP contribution in [-0.2, 0) is 14.4 Å². The number of carbonyl (C=O) groups is 3. The van der Waals surface area contributed by atoms with Crippen LogP contribution in [0.15, 0.2) is 55.6 Å². The second-order valence-electron chi connectivity index (χ2n) is 12.0. The van der Waals surface area contributed by atoms with Crippen molar-refractivity contribution in [1.82, 2.24) is 9.80 Å². The number of thioether (sulfide) groups is 1. The Bertz CT molecular complexity index is 1130. The van der Waals surface area contributed by atoms with E-state index < -0.39 is 33.4 Å². The molecule has 3 heterocycles. The number of rotatable bonds is 13. The highest BCUT2D eigenvalue weighted by Gasteiger charge is 2.78. The molecule has 6 atom stereocenters. The highest BCUT2D eigenvalue weighted by molar-refractivity contribution is 8.02. The fraction of sp³-hybridized carbons (Fsp3) is 0.594. The van der Waals surface area contributed by atoms with Crippen LogP contribution in [0.4, 0.5) is 5.69 Å². The first-order valence-electron chi connectivity index (χ1n) is 14.6. The van der Waals surface area contributed by atoms with E-state index in [9.17, 15) is 19.5 Å². The molecule has 0 aliphatic carbocycles. The Hall–Kier alpha value is -2.58. The number of carbonyl (C=O) groups excluding carboxylic acids is 3. The lowest BCUT2D eigenvalue weighted by molar-refractivity contribution is -0.146. The fourth-order valence-corrected chi connectivity index (χ4v) is 9.52. The molecule has 40 heavy (non-hydrogen) atoms. The van der Waals surface area contributed by atoms with Gasteiger partial charge in [-0.2, -0.15) is 0 Å². The van der Waals surface area contributed by atoms with Gasteiger partial charge in [0.15, 0.2) is 0 Å². The summed E-state index contributed by atoms with van der Waals surface area (Å²) in [5.41, 5.74) is 0.764. The van der Waals surface area contributed by atoms with Gasteiger partial charge in [-0.05, 0) is 44.2 Å². The molecule has 0 aromatic heterocycles. The van der Waals surface area contributed by atoms with E-state index in [0.29, 0.717) is 26.1 Å². The molecule has 3 saturated heterocycles. The van der Waals surface area contributed by atoms with Gasteiger partial charge < -0.3 is 19.8 Å². The standard InChI is InChI=1S/C32H45N3O4S/c1-7-10-20-33(18-8-2)30(39)27-32-17-16-31(6,40-32)25(26(32)29(38)35(27)24(21-36)22(4)5)28(37)34(19-9-3)23-14-12-11-13-15-23/h8-9,11-15,22,24-27,36H,2-3,7,10,16-21H2,1,4-6H3/t24-,25-,26-,27?,31+,32?/m0/s1. The molecule has 3 aliphatic rings. The van der Waals surface area contributed by atoms with Gasteiger partial charge >= 0.3 is 0 Å². The lowest BCUT2D eigenvalue weighted by atomic mass is 9.66. The van der Waals surface area contributed by atoms with Crippen LogP contribution in [0.25, 0.3) is 0 Å². The Balaban J connectivity index is 1.83. The van der Waals surface area contributed by atoms with Crippen molar-refractivity contribution in [2.24, 2.45) is 17.8 Å². The molecular formula is C32H45N3O4S. The number of unbranched alkanes of at least 4 members (excludes halogenated alkanes) is 1. The van der Waals surface area contributed by atoms with E-state index in [1.165, 1.54) is 0 Å². The Morgan fingerprint density at radius 2 is 1.82 bits per heavy atom. The van der Waals surface area contributed by atoms with Crippen LogP contribution in [-0.4, -0.2) is 80.4 Å². The van der Waals surface area contributed by atoms with E-state index in [4.69, 9.17) is 0 Å². The predicted molar refractivity (Wildman–Crippen MR) is 162 cm³/mol. The summed E-state index contributed by atoms with van der Waals surface area (Å²) in [6, 6.07) is 8.25. The van der Waals surface area contributed by atoms with Crippen LogP contribution in [0, 0.1) is 17.8 Å². The number of aliphatic hydroxyl groups excluding tert-OH is 1. The van der Waals surface area contributed by atoms with E-state index in [1.807, 2.05) is 49.1 Å². The molecule has 3 fully saturated rings. The van der Waals surface area contributed by atoms with E-state index in [-0.39, 0.29) is 30.2 Å². The zero-order valence-corrected chi connectivity index (χ0v) is 25.2. The van der Waals surface area contributed by atoms with Crippen molar-refractivity contribution in [1.29, 1.82) is 0 Å². The summed E-state index contributed by atoms with van der Waals surface area (Å²) < 4.78 is -1.21. The number of nitrogens with zero attached hydrogens (tertiary/aromatic N) is 3. The summed E-state index contributed by atoms with van der Waals surface area (Å²) >= 11 is 1.67. The smallest absolute Gasteiger partial charge is 0.247 e. The molecule has 1 spiro atoms. The summed E-state index contributed by atoms with van der Waals surface area (Å²) in [5.74, 6) is -1.67. The number of fused-ring (bicyclic) bond motifs is 1. The maximum absolute atomic E-state index is 14.6. The van der Waals surface area contributed by atoms with Gasteiger partial charge in [-0.15, -0.1) is 24.9 Å². The first kappa shape index (κ1) is 30.4. The largest absolute Gasteiger partial charge is 0.394 e. The van der Waals surface area contributed by atoms with Crippen LogP contribution < -0.4 is 4.90 Å². The van der Waals surface area contributed by atoms with E-state index >= 15 is 0 Å². The van der Waals surface area contributed by atoms with Crippen molar-refractivity contribution in [2.45, 2.75) is 75.0 Å². The van der Waals surface area contributed by atoms with Gasteiger partial charge in [0.25, 0.3) is 0 Å². The number of benzene rings is 1. The Morgan fingerprint density at radius 1 is 1.15 bits per heavy atom. The molecule has 1 aromatic carbocycles. The van der Waals surface area contributed by atoms with Gasteiger partial charge in [-0.1, -0.05) is 57.5 Å². The van der Waals surface area contributed by atoms with E-state index in [0.717, 1.165) is 24.9 Å². The van der Waals surface area contributed by atoms with Gasteiger partial charge in [-0.25, -0.2) is 0 Å². The highest BCUT2D eigenvalue weighted by atomic mass is 32.2. The fourth-order valence-electron chi connectivity index (χ4n) is 7.19. The highest BCUT2D eigenvalue weighted by Crippen LogP contribution is 2.72. The third kappa shape index (κ3) is 4.91. The first-order valence-corrected chi connectivity index (χ1v) is 15.4. The third-order valence-corrected chi connectivity index (χ3v) is 11.1. The molecule has 218 valence electrons. The van der Waals surface area contributed by atoms with Gasteiger partial charge in [0.2, 0.25) is 17.7 Å². The van der Waals surface area contributed by atoms with E-state index in [2.05, 4.69) is 27.0 Å².